The zero-order valence-corrected chi connectivity index (χ0v) is 10.1. The molecule has 0 spiro atoms. The van der Waals surface area contributed by atoms with Crippen LogP contribution in [0.1, 0.15) is 32.6 Å². The van der Waals surface area contributed by atoms with E-state index in [1.54, 1.807) is 6.92 Å². The van der Waals surface area contributed by atoms with Crippen molar-refractivity contribution in [2.75, 3.05) is 18.1 Å². The van der Waals surface area contributed by atoms with E-state index in [1.165, 1.54) is 0 Å². The summed E-state index contributed by atoms with van der Waals surface area (Å²) in [4.78, 5) is 0. The molecule has 0 aromatic heterocycles. The fourth-order valence-corrected chi connectivity index (χ4v) is 2.67. The van der Waals surface area contributed by atoms with Gasteiger partial charge >= 0.3 is 0 Å². The minimum absolute atomic E-state index is 0.146. The van der Waals surface area contributed by atoms with Gasteiger partial charge in [0.1, 0.15) is 9.84 Å². The summed E-state index contributed by atoms with van der Waals surface area (Å²) in [6.45, 7) is 2.18. The standard InChI is InChI=1S/C10H21NO3S/c1-2-15(12,13)8-4-7-14-10-6-3-5-9(10)11/h9-10H,2-8,11H2,1H3. The second kappa shape index (κ2) is 5.82. The van der Waals surface area contributed by atoms with Crippen molar-refractivity contribution < 1.29 is 13.2 Å². The molecule has 1 aliphatic carbocycles. The van der Waals surface area contributed by atoms with Crippen LogP contribution in [0.4, 0.5) is 0 Å². The van der Waals surface area contributed by atoms with Crippen LogP contribution < -0.4 is 5.73 Å². The van der Waals surface area contributed by atoms with E-state index >= 15 is 0 Å². The average molecular weight is 235 g/mol. The summed E-state index contributed by atoms with van der Waals surface area (Å²) >= 11 is 0. The number of ether oxygens (including phenoxy) is 1. The van der Waals surface area contributed by atoms with Gasteiger partial charge in [0.2, 0.25) is 0 Å². The van der Waals surface area contributed by atoms with Gasteiger partial charge in [-0.05, 0) is 25.7 Å². The minimum Gasteiger partial charge on any atom is -0.377 e. The molecule has 0 heterocycles. The largest absolute Gasteiger partial charge is 0.377 e. The van der Waals surface area contributed by atoms with E-state index < -0.39 is 9.84 Å². The lowest BCUT2D eigenvalue weighted by molar-refractivity contribution is 0.0489. The number of rotatable bonds is 6. The maximum absolute atomic E-state index is 11.2. The lowest BCUT2D eigenvalue weighted by atomic mass is 10.2. The van der Waals surface area contributed by atoms with Crippen LogP contribution in [0.3, 0.4) is 0 Å². The molecular formula is C10H21NO3S. The molecule has 5 heteroatoms. The van der Waals surface area contributed by atoms with E-state index in [9.17, 15) is 8.42 Å². The van der Waals surface area contributed by atoms with Gasteiger partial charge in [0.25, 0.3) is 0 Å². The van der Waals surface area contributed by atoms with Crippen LogP contribution in [0.15, 0.2) is 0 Å². The van der Waals surface area contributed by atoms with Crippen molar-refractivity contribution in [1.82, 2.24) is 0 Å². The molecule has 1 fully saturated rings. The van der Waals surface area contributed by atoms with Gasteiger partial charge in [-0.1, -0.05) is 6.92 Å². The maximum atomic E-state index is 11.2. The fraction of sp³-hybridized carbons (Fsp3) is 1.00. The summed E-state index contributed by atoms with van der Waals surface area (Å²) in [6.07, 6.45) is 3.90. The zero-order chi connectivity index (χ0) is 11.3. The lowest BCUT2D eigenvalue weighted by Gasteiger charge is -2.15. The first-order chi connectivity index (χ1) is 7.05. The van der Waals surface area contributed by atoms with Crippen molar-refractivity contribution >= 4 is 9.84 Å². The second-order valence-electron chi connectivity index (χ2n) is 4.09. The second-order valence-corrected chi connectivity index (χ2v) is 6.57. The van der Waals surface area contributed by atoms with Crippen LogP contribution in [-0.4, -0.2) is 38.7 Å². The van der Waals surface area contributed by atoms with E-state index in [4.69, 9.17) is 10.5 Å². The van der Waals surface area contributed by atoms with Crippen LogP contribution in [-0.2, 0) is 14.6 Å². The number of nitrogens with two attached hydrogens (primary N) is 1. The summed E-state index contributed by atoms with van der Waals surface area (Å²) in [6, 6.07) is 0.146. The van der Waals surface area contributed by atoms with Gasteiger partial charge in [-0.3, -0.25) is 0 Å². The van der Waals surface area contributed by atoms with Crippen LogP contribution in [0.5, 0.6) is 0 Å². The molecule has 0 aromatic rings. The summed E-state index contributed by atoms with van der Waals surface area (Å²) in [5.41, 5.74) is 5.83. The Hall–Kier alpha value is -0.130. The molecule has 0 bridgehead atoms. The Morgan fingerprint density at radius 1 is 1.40 bits per heavy atom. The summed E-state index contributed by atoms with van der Waals surface area (Å²) < 4.78 is 27.9. The molecule has 0 aliphatic heterocycles. The first-order valence-electron chi connectivity index (χ1n) is 5.63. The molecule has 1 saturated carbocycles. The number of hydrogen-bond donors (Lipinski definition) is 1. The first-order valence-corrected chi connectivity index (χ1v) is 7.45. The van der Waals surface area contributed by atoms with Gasteiger partial charge in [0.15, 0.2) is 0 Å². The summed E-state index contributed by atoms with van der Waals surface area (Å²) in [7, 11) is -2.84. The zero-order valence-electron chi connectivity index (χ0n) is 9.31. The molecular weight excluding hydrogens is 214 g/mol. The minimum atomic E-state index is -2.84. The first kappa shape index (κ1) is 12.9. The van der Waals surface area contributed by atoms with E-state index in [0.717, 1.165) is 19.3 Å². The third-order valence-corrected chi connectivity index (χ3v) is 4.67. The highest BCUT2D eigenvalue weighted by molar-refractivity contribution is 7.91. The SMILES string of the molecule is CCS(=O)(=O)CCCOC1CCCC1N. The van der Waals surface area contributed by atoms with E-state index in [1.807, 2.05) is 0 Å². The van der Waals surface area contributed by atoms with Crippen LogP contribution in [0.25, 0.3) is 0 Å². The Kier molecular flexibility index (Phi) is 5.02. The van der Waals surface area contributed by atoms with Crippen LogP contribution in [0.2, 0.25) is 0 Å². The topological polar surface area (TPSA) is 69.4 Å². The van der Waals surface area contributed by atoms with Crippen molar-refractivity contribution in [3.8, 4) is 0 Å². The van der Waals surface area contributed by atoms with Crippen molar-refractivity contribution in [3.05, 3.63) is 0 Å². The number of hydrogen-bond acceptors (Lipinski definition) is 4. The Bertz CT molecular complexity index is 276. The van der Waals surface area contributed by atoms with E-state index in [0.29, 0.717) is 13.0 Å². The van der Waals surface area contributed by atoms with Crippen molar-refractivity contribution in [3.63, 3.8) is 0 Å². The highest BCUT2D eigenvalue weighted by Gasteiger charge is 2.24. The Morgan fingerprint density at radius 3 is 2.67 bits per heavy atom. The Morgan fingerprint density at radius 2 is 2.13 bits per heavy atom. The van der Waals surface area contributed by atoms with E-state index in [2.05, 4.69) is 0 Å². The van der Waals surface area contributed by atoms with Crippen molar-refractivity contribution in [2.24, 2.45) is 5.73 Å². The molecule has 0 aromatic carbocycles. The molecule has 2 unspecified atom stereocenters. The smallest absolute Gasteiger partial charge is 0.150 e. The average Bonchev–Trinajstić information content (AvgIpc) is 2.59. The normalized spacial score (nSPS) is 27.1. The highest BCUT2D eigenvalue weighted by Crippen LogP contribution is 2.20. The van der Waals surface area contributed by atoms with Gasteiger partial charge in [0, 0.05) is 18.4 Å². The van der Waals surface area contributed by atoms with Gasteiger partial charge in [-0.25, -0.2) is 8.42 Å². The van der Waals surface area contributed by atoms with Gasteiger partial charge in [-0.2, -0.15) is 0 Å². The van der Waals surface area contributed by atoms with Crippen LogP contribution >= 0.6 is 0 Å². The van der Waals surface area contributed by atoms with Crippen LogP contribution in [0, 0.1) is 0 Å². The van der Waals surface area contributed by atoms with Gasteiger partial charge < -0.3 is 10.5 Å². The predicted molar refractivity (Wildman–Crippen MR) is 60.5 cm³/mol. The molecule has 0 amide bonds. The number of sulfone groups is 1. The van der Waals surface area contributed by atoms with Gasteiger partial charge in [-0.15, -0.1) is 0 Å². The molecule has 90 valence electrons. The molecule has 1 rings (SSSR count). The van der Waals surface area contributed by atoms with Crippen molar-refractivity contribution in [1.29, 1.82) is 0 Å². The van der Waals surface area contributed by atoms with E-state index in [-0.39, 0.29) is 23.7 Å². The Balaban J connectivity index is 2.12. The van der Waals surface area contributed by atoms with Gasteiger partial charge in [0.05, 0.1) is 11.9 Å². The molecule has 0 radical (unpaired) electrons. The Labute approximate surface area is 92.1 Å². The lowest BCUT2D eigenvalue weighted by Crippen LogP contribution is -2.31. The third-order valence-electron chi connectivity index (χ3n) is 2.88. The highest BCUT2D eigenvalue weighted by atomic mass is 32.2. The maximum Gasteiger partial charge on any atom is 0.150 e. The molecule has 2 N–H and O–H groups in total. The molecule has 1 aliphatic rings. The summed E-state index contributed by atoms with van der Waals surface area (Å²) in [5, 5.41) is 0. The molecule has 4 nitrogen and oxygen atoms in total. The predicted octanol–water partition coefficient (Wildman–Crippen LogP) is 0.708. The van der Waals surface area contributed by atoms with Crippen molar-refractivity contribution in [2.45, 2.75) is 44.8 Å². The molecule has 15 heavy (non-hydrogen) atoms. The summed E-state index contributed by atoms with van der Waals surface area (Å²) in [5.74, 6) is 0.446. The monoisotopic (exact) mass is 235 g/mol. The fourth-order valence-electron chi connectivity index (χ4n) is 1.82. The third kappa shape index (κ3) is 4.49. The molecule has 2 atom stereocenters. The molecule has 0 saturated heterocycles. The quantitative estimate of drug-likeness (QED) is 0.688.